The van der Waals surface area contributed by atoms with Crippen molar-refractivity contribution in [1.29, 1.82) is 0 Å². The van der Waals surface area contributed by atoms with Crippen LogP contribution in [0, 0.1) is 6.92 Å². The van der Waals surface area contributed by atoms with E-state index in [2.05, 4.69) is 0 Å². The van der Waals surface area contributed by atoms with Crippen LogP contribution in [0.1, 0.15) is 12.2 Å². The standard InChI is InChI=1S/C10H13NO2S/c1-7-8(4-6-13-7)14-9-3-5-11(2)10(9)12/h4,6,9H,3,5H2,1-2H3/t9-/m1/s1. The van der Waals surface area contributed by atoms with Gasteiger partial charge in [-0.1, -0.05) is 0 Å². The van der Waals surface area contributed by atoms with Gasteiger partial charge < -0.3 is 9.32 Å². The molecule has 14 heavy (non-hydrogen) atoms. The Balaban J connectivity index is 2.06. The molecule has 2 heterocycles. The van der Waals surface area contributed by atoms with E-state index in [0.29, 0.717) is 0 Å². The molecular weight excluding hydrogens is 198 g/mol. The number of hydrogen-bond acceptors (Lipinski definition) is 3. The van der Waals surface area contributed by atoms with Gasteiger partial charge in [-0.05, 0) is 19.4 Å². The molecule has 0 unspecified atom stereocenters. The Labute approximate surface area is 87.5 Å². The highest BCUT2D eigenvalue weighted by Gasteiger charge is 2.30. The van der Waals surface area contributed by atoms with E-state index in [1.165, 1.54) is 0 Å². The van der Waals surface area contributed by atoms with Crippen molar-refractivity contribution in [3.63, 3.8) is 0 Å². The van der Waals surface area contributed by atoms with Gasteiger partial charge >= 0.3 is 0 Å². The summed E-state index contributed by atoms with van der Waals surface area (Å²) in [5.74, 6) is 1.13. The molecule has 1 saturated heterocycles. The van der Waals surface area contributed by atoms with Crippen LogP contribution in [0.3, 0.4) is 0 Å². The average molecular weight is 211 g/mol. The fourth-order valence-corrected chi connectivity index (χ4v) is 2.71. The minimum absolute atomic E-state index is 0.0799. The number of rotatable bonds is 2. The Bertz CT molecular complexity index is 348. The number of amides is 1. The Morgan fingerprint density at radius 3 is 2.93 bits per heavy atom. The largest absolute Gasteiger partial charge is 0.468 e. The number of carbonyl (C=O) groups excluding carboxylic acids is 1. The predicted molar refractivity (Wildman–Crippen MR) is 55.3 cm³/mol. The Morgan fingerprint density at radius 2 is 2.43 bits per heavy atom. The monoisotopic (exact) mass is 211 g/mol. The van der Waals surface area contributed by atoms with E-state index in [1.807, 2.05) is 20.0 Å². The van der Waals surface area contributed by atoms with Crippen molar-refractivity contribution in [2.24, 2.45) is 0 Å². The van der Waals surface area contributed by atoms with Crippen LogP contribution in [0.5, 0.6) is 0 Å². The van der Waals surface area contributed by atoms with Crippen LogP contribution < -0.4 is 0 Å². The molecule has 0 N–H and O–H groups in total. The van der Waals surface area contributed by atoms with Crippen LogP contribution >= 0.6 is 11.8 Å². The minimum Gasteiger partial charge on any atom is -0.468 e. The summed E-state index contributed by atoms with van der Waals surface area (Å²) in [6.45, 7) is 2.79. The summed E-state index contributed by atoms with van der Waals surface area (Å²) in [6, 6.07) is 1.92. The zero-order valence-corrected chi connectivity index (χ0v) is 9.13. The zero-order chi connectivity index (χ0) is 10.1. The van der Waals surface area contributed by atoms with Gasteiger partial charge in [0.2, 0.25) is 5.91 Å². The number of thioether (sulfide) groups is 1. The highest BCUT2D eigenvalue weighted by Crippen LogP contribution is 2.32. The fraction of sp³-hybridized carbons (Fsp3) is 0.500. The maximum Gasteiger partial charge on any atom is 0.235 e. The molecular formula is C10H13NO2S. The van der Waals surface area contributed by atoms with E-state index < -0.39 is 0 Å². The summed E-state index contributed by atoms with van der Waals surface area (Å²) in [5, 5.41) is 0.0799. The summed E-state index contributed by atoms with van der Waals surface area (Å²) in [6.07, 6.45) is 2.60. The lowest BCUT2D eigenvalue weighted by Gasteiger charge is -2.08. The molecule has 2 rings (SSSR count). The highest BCUT2D eigenvalue weighted by atomic mass is 32.2. The van der Waals surface area contributed by atoms with Gasteiger partial charge in [-0.25, -0.2) is 0 Å². The number of likely N-dealkylation sites (tertiary alicyclic amines) is 1. The first kappa shape index (κ1) is 9.65. The average Bonchev–Trinajstić information content (AvgIpc) is 2.68. The molecule has 1 amide bonds. The zero-order valence-electron chi connectivity index (χ0n) is 8.32. The smallest absolute Gasteiger partial charge is 0.235 e. The van der Waals surface area contributed by atoms with Crippen LogP contribution in [0.25, 0.3) is 0 Å². The molecule has 0 aliphatic carbocycles. The third-order valence-electron chi connectivity index (χ3n) is 2.46. The first-order valence-electron chi connectivity index (χ1n) is 4.64. The van der Waals surface area contributed by atoms with Crippen molar-refractivity contribution in [3.8, 4) is 0 Å². The van der Waals surface area contributed by atoms with Crippen molar-refractivity contribution in [2.45, 2.75) is 23.5 Å². The summed E-state index contributed by atoms with van der Waals surface area (Å²) in [4.78, 5) is 14.5. The number of nitrogens with zero attached hydrogens (tertiary/aromatic N) is 1. The van der Waals surface area contributed by atoms with Gasteiger partial charge in [0.05, 0.1) is 11.5 Å². The van der Waals surface area contributed by atoms with Gasteiger partial charge in [-0.2, -0.15) is 0 Å². The van der Waals surface area contributed by atoms with Gasteiger partial charge in [0.25, 0.3) is 0 Å². The SMILES string of the molecule is Cc1occc1S[C@@H]1CCN(C)C1=O. The van der Waals surface area contributed by atoms with Crippen molar-refractivity contribution < 1.29 is 9.21 Å². The van der Waals surface area contributed by atoms with E-state index in [1.54, 1.807) is 22.9 Å². The predicted octanol–water partition coefficient (Wildman–Crippen LogP) is 1.91. The van der Waals surface area contributed by atoms with E-state index in [9.17, 15) is 4.79 Å². The summed E-state index contributed by atoms with van der Waals surface area (Å²) < 4.78 is 5.19. The quantitative estimate of drug-likeness (QED) is 0.749. The van der Waals surface area contributed by atoms with Gasteiger partial charge in [0.1, 0.15) is 5.76 Å². The lowest BCUT2D eigenvalue weighted by Crippen LogP contribution is -2.23. The lowest BCUT2D eigenvalue weighted by atomic mass is 10.4. The van der Waals surface area contributed by atoms with Crippen LogP contribution in [-0.4, -0.2) is 29.6 Å². The Morgan fingerprint density at radius 1 is 1.64 bits per heavy atom. The van der Waals surface area contributed by atoms with Gasteiger partial charge in [0.15, 0.2) is 0 Å². The number of hydrogen-bond donors (Lipinski definition) is 0. The van der Waals surface area contributed by atoms with Crippen molar-refractivity contribution >= 4 is 17.7 Å². The summed E-state index contributed by atoms with van der Waals surface area (Å²) in [7, 11) is 1.85. The van der Waals surface area contributed by atoms with Crippen LogP contribution in [0.4, 0.5) is 0 Å². The molecule has 76 valence electrons. The van der Waals surface area contributed by atoms with Gasteiger partial charge in [0, 0.05) is 18.5 Å². The molecule has 3 nitrogen and oxygen atoms in total. The third kappa shape index (κ3) is 1.66. The first-order valence-corrected chi connectivity index (χ1v) is 5.52. The third-order valence-corrected chi connectivity index (χ3v) is 3.86. The number of carbonyl (C=O) groups is 1. The van der Waals surface area contributed by atoms with E-state index in [-0.39, 0.29) is 11.2 Å². The molecule has 4 heteroatoms. The summed E-state index contributed by atoms with van der Waals surface area (Å²) in [5.41, 5.74) is 0. The molecule has 0 radical (unpaired) electrons. The number of aryl methyl sites for hydroxylation is 1. The molecule has 1 aliphatic heterocycles. The highest BCUT2D eigenvalue weighted by molar-refractivity contribution is 8.00. The lowest BCUT2D eigenvalue weighted by molar-refractivity contribution is -0.126. The van der Waals surface area contributed by atoms with Gasteiger partial charge in [-0.3, -0.25) is 4.79 Å². The van der Waals surface area contributed by atoms with E-state index in [4.69, 9.17) is 4.42 Å². The van der Waals surface area contributed by atoms with Crippen LogP contribution in [-0.2, 0) is 4.79 Å². The normalized spacial score (nSPS) is 22.0. The van der Waals surface area contributed by atoms with Crippen LogP contribution in [0.2, 0.25) is 0 Å². The topological polar surface area (TPSA) is 33.5 Å². The molecule has 1 atom stereocenters. The molecule has 0 saturated carbocycles. The second-order valence-electron chi connectivity index (χ2n) is 3.50. The first-order chi connectivity index (χ1) is 6.68. The molecule has 1 aromatic heterocycles. The molecule has 1 aliphatic rings. The van der Waals surface area contributed by atoms with Crippen molar-refractivity contribution in [1.82, 2.24) is 4.90 Å². The van der Waals surface area contributed by atoms with E-state index in [0.717, 1.165) is 23.6 Å². The second-order valence-corrected chi connectivity index (χ2v) is 4.74. The van der Waals surface area contributed by atoms with Crippen molar-refractivity contribution in [3.05, 3.63) is 18.1 Å². The maximum atomic E-state index is 11.6. The molecule has 0 spiro atoms. The molecule has 0 bridgehead atoms. The molecule has 1 fully saturated rings. The van der Waals surface area contributed by atoms with E-state index >= 15 is 0 Å². The minimum atomic E-state index is 0.0799. The second kappa shape index (κ2) is 3.69. The summed E-state index contributed by atoms with van der Waals surface area (Å²) >= 11 is 1.61. The van der Waals surface area contributed by atoms with Gasteiger partial charge in [-0.15, -0.1) is 11.8 Å². The van der Waals surface area contributed by atoms with Crippen LogP contribution in [0.15, 0.2) is 21.6 Å². The maximum absolute atomic E-state index is 11.6. The Hall–Kier alpha value is -0.900. The molecule has 0 aromatic carbocycles. The fourth-order valence-electron chi connectivity index (χ4n) is 1.55. The van der Waals surface area contributed by atoms with Crippen molar-refractivity contribution in [2.75, 3.05) is 13.6 Å². The number of furan rings is 1. The Kier molecular flexibility index (Phi) is 2.54. The molecule has 1 aromatic rings.